The lowest BCUT2D eigenvalue weighted by molar-refractivity contribution is 0.112. The zero-order valence-electron chi connectivity index (χ0n) is 8.53. The smallest absolute Gasteiger partial charge is 0.153 e. The number of H-pyrrole nitrogens is 1. The number of carbonyl (C=O) groups excluding carboxylic acids is 1. The van der Waals surface area contributed by atoms with E-state index in [-0.39, 0.29) is 0 Å². The van der Waals surface area contributed by atoms with Crippen LogP contribution in [0.4, 0.5) is 0 Å². The van der Waals surface area contributed by atoms with Crippen molar-refractivity contribution in [2.75, 3.05) is 0 Å². The Hall–Kier alpha value is -1.90. The van der Waals surface area contributed by atoms with Crippen molar-refractivity contribution in [3.8, 4) is 0 Å². The first-order valence-electron chi connectivity index (χ1n) is 4.84. The first kappa shape index (κ1) is 9.65. The van der Waals surface area contributed by atoms with Crippen molar-refractivity contribution < 1.29 is 4.79 Å². The molecule has 2 aromatic rings. The first-order chi connectivity index (χ1) is 7.31. The van der Waals surface area contributed by atoms with Gasteiger partial charge in [0.2, 0.25) is 0 Å². The van der Waals surface area contributed by atoms with Crippen LogP contribution in [0.3, 0.4) is 0 Å². The maximum absolute atomic E-state index is 10.8. The Morgan fingerprint density at radius 1 is 1.33 bits per heavy atom. The van der Waals surface area contributed by atoms with E-state index >= 15 is 0 Å². The SMILES string of the molecule is Cc1[nH]nc(Cc2ccccc2)c1C=O. The monoisotopic (exact) mass is 200 g/mol. The van der Waals surface area contributed by atoms with Crippen LogP contribution in [0, 0.1) is 6.92 Å². The first-order valence-corrected chi connectivity index (χ1v) is 4.84. The second kappa shape index (κ2) is 4.09. The van der Waals surface area contributed by atoms with Gasteiger partial charge in [-0.15, -0.1) is 0 Å². The Balaban J connectivity index is 2.28. The van der Waals surface area contributed by atoms with Gasteiger partial charge in [-0.3, -0.25) is 9.89 Å². The molecule has 1 N–H and O–H groups in total. The molecule has 3 nitrogen and oxygen atoms in total. The fourth-order valence-corrected chi connectivity index (χ4v) is 1.57. The quantitative estimate of drug-likeness (QED) is 0.771. The van der Waals surface area contributed by atoms with Crippen LogP contribution in [0.5, 0.6) is 0 Å². The molecule has 76 valence electrons. The van der Waals surface area contributed by atoms with Crippen LogP contribution < -0.4 is 0 Å². The molecule has 0 unspecified atom stereocenters. The van der Waals surface area contributed by atoms with Gasteiger partial charge in [0.15, 0.2) is 6.29 Å². The van der Waals surface area contributed by atoms with E-state index in [4.69, 9.17) is 0 Å². The molecule has 1 heterocycles. The predicted octanol–water partition coefficient (Wildman–Crippen LogP) is 2.12. The summed E-state index contributed by atoms with van der Waals surface area (Å²) < 4.78 is 0. The van der Waals surface area contributed by atoms with Crippen LogP contribution >= 0.6 is 0 Å². The molecule has 0 aliphatic rings. The van der Waals surface area contributed by atoms with Gasteiger partial charge in [0, 0.05) is 12.1 Å². The second-order valence-corrected chi connectivity index (χ2v) is 3.49. The molecule has 2 rings (SSSR count). The maximum atomic E-state index is 10.8. The Kier molecular flexibility index (Phi) is 2.63. The van der Waals surface area contributed by atoms with E-state index < -0.39 is 0 Å². The number of aryl methyl sites for hydroxylation is 1. The van der Waals surface area contributed by atoms with Crippen molar-refractivity contribution in [2.24, 2.45) is 0 Å². The van der Waals surface area contributed by atoms with Crippen LogP contribution in [0.1, 0.15) is 27.3 Å². The third kappa shape index (κ3) is 1.96. The highest BCUT2D eigenvalue weighted by Gasteiger charge is 2.09. The van der Waals surface area contributed by atoms with E-state index in [2.05, 4.69) is 10.2 Å². The Morgan fingerprint density at radius 3 is 2.73 bits per heavy atom. The van der Waals surface area contributed by atoms with Gasteiger partial charge in [0.1, 0.15) is 0 Å². The van der Waals surface area contributed by atoms with E-state index in [1.807, 2.05) is 37.3 Å². The van der Waals surface area contributed by atoms with Gasteiger partial charge >= 0.3 is 0 Å². The van der Waals surface area contributed by atoms with Crippen LogP contribution in [0.2, 0.25) is 0 Å². The van der Waals surface area contributed by atoms with Crippen LogP contribution in [-0.4, -0.2) is 16.5 Å². The number of aromatic amines is 1. The summed E-state index contributed by atoms with van der Waals surface area (Å²) in [4.78, 5) is 10.8. The minimum absolute atomic E-state index is 0.679. The molecule has 0 radical (unpaired) electrons. The predicted molar refractivity (Wildman–Crippen MR) is 58.0 cm³/mol. The van der Waals surface area contributed by atoms with Gasteiger partial charge in [-0.1, -0.05) is 30.3 Å². The number of hydrogen-bond donors (Lipinski definition) is 1. The van der Waals surface area contributed by atoms with Crippen molar-refractivity contribution >= 4 is 6.29 Å². The molecule has 0 spiro atoms. The highest BCUT2D eigenvalue weighted by molar-refractivity contribution is 5.78. The van der Waals surface area contributed by atoms with E-state index in [1.54, 1.807) is 0 Å². The van der Waals surface area contributed by atoms with Gasteiger partial charge in [0.25, 0.3) is 0 Å². The van der Waals surface area contributed by atoms with Gasteiger partial charge in [-0.25, -0.2) is 0 Å². The Morgan fingerprint density at radius 2 is 2.07 bits per heavy atom. The van der Waals surface area contributed by atoms with E-state index in [9.17, 15) is 4.79 Å². The summed E-state index contributed by atoms with van der Waals surface area (Å²) in [6, 6.07) is 9.99. The van der Waals surface area contributed by atoms with Gasteiger partial charge in [-0.05, 0) is 12.5 Å². The number of rotatable bonds is 3. The van der Waals surface area contributed by atoms with Crippen molar-refractivity contribution in [1.82, 2.24) is 10.2 Å². The molecule has 0 saturated heterocycles. The number of aromatic nitrogens is 2. The summed E-state index contributed by atoms with van der Waals surface area (Å²) in [5.74, 6) is 0. The Labute approximate surface area is 88.1 Å². The number of nitrogens with one attached hydrogen (secondary N) is 1. The van der Waals surface area contributed by atoms with Gasteiger partial charge in [0.05, 0.1) is 11.3 Å². The molecule has 0 fully saturated rings. The molecule has 15 heavy (non-hydrogen) atoms. The van der Waals surface area contributed by atoms with Crippen molar-refractivity contribution in [2.45, 2.75) is 13.3 Å². The fraction of sp³-hybridized carbons (Fsp3) is 0.167. The lowest BCUT2D eigenvalue weighted by Gasteiger charge is -1.98. The molecule has 0 aliphatic carbocycles. The summed E-state index contributed by atoms with van der Waals surface area (Å²) >= 11 is 0. The number of aldehydes is 1. The summed E-state index contributed by atoms with van der Waals surface area (Å²) in [6.45, 7) is 1.85. The average molecular weight is 200 g/mol. The standard InChI is InChI=1S/C12H12N2O/c1-9-11(8-15)12(14-13-9)7-10-5-3-2-4-6-10/h2-6,8H,7H2,1H3,(H,13,14). The number of benzene rings is 1. The highest BCUT2D eigenvalue weighted by atomic mass is 16.1. The summed E-state index contributed by atoms with van der Waals surface area (Å²) in [6.07, 6.45) is 1.55. The molecule has 3 heteroatoms. The molecular formula is C12H12N2O. The fourth-order valence-electron chi connectivity index (χ4n) is 1.57. The number of hydrogen-bond acceptors (Lipinski definition) is 2. The lowest BCUT2D eigenvalue weighted by atomic mass is 10.1. The highest BCUT2D eigenvalue weighted by Crippen LogP contribution is 2.12. The normalized spacial score (nSPS) is 10.2. The number of carbonyl (C=O) groups is 1. The molecular weight excluding hydrogens is 188 g/mol. The van der Waals surface area contributed by atoms with Crippen LogP contribution in [0.25, 0.3) is 0 Å². The van der Waals surface area contributed by atoms with Crippen molar-refractivity contribution in [3.63, 3.8) is 0 Å². The molecule has 0 bridgehead atoms. The van der Waals surface area contributed by atoms with Crippen LogP contribution in [0.15, 0.2) is 30.3 Å². The molecule has 0 amide bonds. The molecule has 1 aromatic carbocycles. The molecule has 1 aromatic heterocycles. The molecule has 0 atom stereocenters. The molecule has 0 saturated carbocycles. The third-order valence-corrected chi connectivity index (χ3v) is 2.41. The van der Waals surface area contributed by atoms with E-state index in [0.29, 0.717) is 12.0 Å². The largest absolute Gasteiger partial charge is 0.298 e. The summed E-state index contributed by atoms with van der Waals surface area (Å²) in [5, 5.41) is 6.95. The zero-order chi connectivity index (χ0) is 10.7. The maximum Gasteiger partial charge on any atom is 0.153 e. The zero-order valence-corrected chi connectivity index (χ0v) is 8.53. The van der Waals surface area contributed by atoms with E-state index in [0.717, 1.165) is 23.2 Å². The van der Waals surface area contributed by atoms with Crippen LogP contribution in [-0.2, 0) is 6.42 Å². The van der Waals surface area contributed by atoms with Crippen molar-refractivity contribution in [3.05, 3.63) is 52.8 Å². The van der Waals surface area contributed by atoms with Crippen molar-refractivity contribution in [1.29, 1.82) is 0 Å². The second-order valence-electron chi connectivity index (χ2n) is 3.49. The molecule has 0 aliphatic heterocycles. The number of nitrogens with zero attached hydrogens (tertiary/aromatic N) is 1. The van der Waals surface area contributed by atoms with E-state index in [1.165, 1.54) is 0 Å². The third-order valence-electron chi connectivity index (χ3n) is 2.41. The van der Waals surface area contributed by atoms with Gasteiger partial charge < -0.3 is 0 Å². The Bertz CT molecular complexity index is 460. The lowest BCUT2D eigenvalue weighted by Crippen LogP contribution is -1.93. The minimum atomic E-state index is 0.679. The minimum Gasteiger partial charge on any atom is -0.298 e. The van der Waals surface area contributed by atoms with Gasteiger partial charge in [-0.2, -0.15) is 5.10 Å². The average Bonchev–Trinajstić information content (AvgIpc) is 2.61. The summed E-state index contributed by atoms with van der Waals surface area (Å²) in [7, 11) is 0. The topological polar surface area (TPSA) is 45.8 Å². The summed E-state index contributed by atoms with van der Waals surface area (Å²) in [5.41, 5.74) is 3.48.